The van der Waals surface area contributed by atoms with E-state index in [9.17, 15) is 13.2 Å². The average Bonchev–Trinajstić information content (AvgIpc) is 2.83. The van der Waals surface area contributed by atoms with Gasteiger partial charge in [0.15, 0.2) is 9.84 Å². The second-order valence-corrected chi connectivity index (χ2v) is 10.5. The van der Waals surface area contributed by atoms with E-state index in [1.165, 1.54) is 5.56 Å². The number of sulfone groups is 1. The number of rotatable bonds is 4. The standard InChI is InChI=1S/C19H29NO3S/c1-14(2)12-20(17-10-11-24(22,23)13-17)18(21)15-6-8-16(9-7-15)19(3,4)5/h6-9,14,17H,10-13H2,1-5H3/t17-/m0/s1. The van der Waals surface area contributed by atoms with Gasteiger partial charge in [0.2, 0.25) is 0 Å². The first-order valence-corrected chi connectivity index (χ1v) is 10.4. The molecule has 1 amide bonds. The Hall–Kier alpha value is -1.36. The first-order chi connectivity index (χ1) is 11.0. The SMILES string of the molecule is CC(C)CN(C(=O)c1ccc(C(C)(C)C)cc1)[C@H]1CCS(=O)(=O)C1. The Morgan fingerprint density at radius 2 is 1.79 bits per heavy atom. The van der Waals surface area contributed by atoms with Crippen LogP contribution in [-0.4, -0.2) is 43.3 Å². The number of hydrogen-bond acceptors (Lipinski definition) is 3. The van der Waals surface area contributed by atoms with E-state index < -0.39 is 9.84 Å². The predicted molar refractivity (Wildman–Crippen MR) is 98.1 cm³/mol. The van der Waals surface area contributed by atoms with Crippen LogP contribution in [0.4, 0.5) is 0 Å². The minimum atomic E-state index is -3.01. The molecule has 1 fully saturated rings. The molecule has 0 bridgehead atoms. The quantitative estimate of drug-likeness (QED) is 0.836. The molecule has 0 saturated carbocycles. The van der Waals surface area contributed by atoms with Crippen molar-refractivity contribution in [1.29, 1.82) is 0 Å². The number of amides is 1. The topological polar surface area (TPSA) is 54.5 Å². The van der Waals surface area contributed by atoms with Gasteiger partial charge >= 0.3 is 0 Å². The van der Waals surface area contributed by atoms with Crippen LogP contribution in [0.5, 0.6) is 0 Å². The lowest BCUT2D eigenvalue weighted by Crippen LogP contribution is -2.43. The number of hydrogen-bond donors (Lipinski definition) is 0. The molecule has 0 aromatic heterocycles. The molecule has 2 rings (SSSR count). The Balaban J connectivity index is 2.24. The second-order valence-electron chi connectivity index (χ2n) is 8.24. The summed E-state index contributed by atoms with van der Waals surface area (Å²) in [7, 11) is -3.01. The summed E-state index contributed by atoms with van der Waals surface area (Å²) < 4.78 is 23.6. The van der Waals surface area contributed by atoms with Gasteiger partial charge in [0.1, 0.15) is 0 Å². The van der Waals surface area contributed by atoms with E-state index in [0.717, 1.165) is 0 Å². The van der Waals surface area contributed by atoms with Crippen molar-refractivity contribution in [2.45, 2.75) is 52.5 Å². The highest BCUT2D eigenvalue weighted by Crippen LogP contribution is 2.24. The molecule has 1 heterocycles. The van der Waals surface area contributed by atoms with E-state index in [2.05, 4.69) is 20.8 Å². The van der Waals surface area contributed by atoms with Gasteiger partial charge in [-0.15, -0.1) is 0 Å². The van der Waals surface area contributed by atoms with E-state index in [1.807, 2.05) is 38.1 Å². The van der Waals surface area contributed by atoms with E-state index in [4.69, 9.17) is 0 Å². The molecule has 1 saturated heterocycles. The lowest BCUT2D eigenvalue weighted by molar-refractivity contribution is 0.0672. The molecule has 1 aromatic carbocycles. The van der Waals surface area contributed by atoms with Gasteiger partial charge in [0.05, 0.1) is 11.5 Å². The van der Waals surface area contributed by atoms with Crippen LogP contribution in [0.15, 0.2) is 24.3 Å². The average molecular weight is 352 g/mol. The third kappa shape index (κ3) is 4.59. The van der Waals surface area contributed by atoms with E-state index in [-0.39, 0.29) is 28.9 Å². The van der Waals surface area contributed by atoms with Crippen molar-refractivity contribution in [2.75, 3.05) is 18.1 Å². The lowest BCUT2D eigenvalue weighted by Gasteiger charge is -2.30. The van der Waals surface area contributed by atoms with Crippen molar-refractivity contribution in [3.8, 4) is 0 Å². The van der Waals surface area contributed by atoms with Gasteiger partial charge in [-0.25, -0.2) is 8.42 Å². The van der Waals surface area contributed by atoms with Gasteiger partial charge < -0.3 is 4.90 Å². The Labute approximate surface area is 146 Å². The molecule has 0 radical (unpaired) electrons. The van der Waals surface area contributed by atoms with E-state index in [1.54, 1.807) is 4.90 Å². The van der Waals surface area contributed by atoms with Crippen molar-refractivity contribution in [2.24, 2.45) is 5.92 Å². The van der Waals surface area contributed by atoms with Gasteiger partial charge in [-0.1, -0.05) is 46.8 Å². The van der Waals surface area contributed by atoms with Gasteiger partial charge in [0, 0.05) is 18.2 Å². The van der Waals surface area contributed by atoms with Crippen LogP contribution in [0.1, 0.15) is 57.0 Å². The molecule has 4 nitrogen and oxygen atoms in total. The van der Waals surface area contributed by atoms with Gasteiger partial charge in [-0.05, 0) is 35.4 Å². The molecular weight excluding hydrogens is 322 g/mol. The van der Waals surface area contributed by atoms with E-state index in [0.29, 0.717) is 24.4 Å². The maximum Gasteiger partial charge on any atom is 0.254 e. The van der Waals surface area contributed by atoms with Crippen LogP contribution < -0.4 is 0 Å². The highest BCUT2D eigenvalue weighted by Gasteiger charge is 2.35. The summed E-state index contributed by atoms with van der Waals surface area (Å²) in [5.74, 6) is 0.506. The first-order valence-electron chi connectivity index (χ1n) is 8.61. The third-order valence-corrected chi connectivity index (χ3v) is 6.22. The van der Waals surface area contributed by atoms with Crippen LogP contribution >= 0.6 is 0 Å². The van der Waals surface area contributed by atoms with Gasteiger partial charge in [0.25, 0.3) is 5.91 Å². The Bertz CT molecular complexity index is 684. The predicted octanol–water partition coefficient (Wildman–Crippen LogP) is 3.27. The fourth-order valence-corrected chi connectivity index (χ4v) is 4.82. The zero-order chi connectivity index (χ0) is 18.1. The van der Waals surface area contributed by atoms with Crippen molar-refractivity contribution in [3.63, 3.8) is 0 Å². The molecule has 0 spiro atoms. The molecule has 1 atom stereocenters. The highest BCUT2D eigenvalue weighted by molar-refractivity contribution is 7.91. The van der Waals surface area contributed by atoms with E-state index >= 15 is 0 Å². The summed E-state index contributed by atoms with van der Waals surface area (Å²) in [6, 6.07) is 7.50. The Morgan fingerprint density at radius 3 is 2.21 bits per heavy atom. The van der Waals surface area contributed by atoms with Gasteiger partial charge in [-0.3, -0.25) is 4.79 Å². The minimum Gasteiger partial charge on any atom is -0.334 e. The normalized spacial score (nSPS) is 20.3. The molecule has 1 aliphatic rings. The van der Waals surface area contributed by atoms with Crippen molar-refractivity contribution in [3.05, 3.63) is 35.4 Å². The van der Waals surface area contributed by atoms with Crippen molar-refractivity contribution in [1.82, 2.24) is 4.90 Å². The van der Waals surface area contributed by atoms with Crippen LogP contribution in [0.3, 0.4) is 0 Å². The van der Waals surface area contributed by atoms with Crippen molar-refractivity contribution >= 4 is 15.7 Å². The molecular formula is C19H29NO3S. The first kappa shape index (κ1) is 19.0. The molecule has 24 heavy (non-hydrogen) atoms. The Morgan fingerprint density at radius 1 is 1.21 bits per heavy atom. The van der Waals surface area contributed by atoms with Crippen LogP contribution in [0, 0.1) is 5.92 Å². The van der Waals surface area contributed by atoms with Crippen molar-refractivity contribution < 1.29 is 13.2 Å². The summed E-state index contributed by atoms with van der Waals surface area (Å²) in [6.45, 7) is 11.1. The number of carbonyl (C=O) groups excluding carboxylic acids is 1. The molecule has 0 aliphatic carbocycles. The third-order valence-electron chi connectivity index (χ3n) is 4.47. The fourth-order valence-electron chi connectivity index (χ4n) is 3.09. The molecule has 134 valence electrons. The van der Waals surface area contributed by atoms with Crippen LogP contribution in [0.25, 0.3) is 0 Å². The van der Waals surface area contributed by atoms with Crippen LogP contribution in [-0.2, 0) is 15.3 Å². The maximum atomic E-state index is 13.0. The summed E-state index contributed by atoms with van der Waals surface area (Å²) in [5, 5.41) is 0. The smallest absolute Gasteiger partial charge is 0.254 e. The number of benzene rings is 1. The monoisotopic (exact) mass is 351 g/mol. The highest BCUT2D eigenvalue weighted by atomic mass is 32.2. The Kier molecular flexibility index (Phi) is 5.43. The number of nitrogens with zero attached hydrogens (tertiary/aromatic N) is 1. The zero-order valence-corrected chi connectivity index (χ0v) is 16.2. The summed E-state index contributed by atoms with van der Waals surface area (Å²) in [6.07, 6.45) is 0.543. The summed E-state index contributed by atoms with van der Waals surface area (Å²) in [4.78, 5) is 14.7. The van der Waals surface area contributed by atoms with Crippen LogP contribution in [0.2, 0.25) is 0 Å². The molecule has 5 heteroatoms. The largest absolute Gasteiger partial charge is 0.334 e. The fraction of sp³-hybridized carbons (Fsp3) is 0.632. The summed E-state index contributed by atoms with van der Waals surface area (Å²) >= 11 is 0. The molecule has 1 aliphatic heterocycles. The molecule has 0 unspecified atom stereocenters. The lowest BCUT2D eigenvalue weighted by atomic mass is 9.86. The van der Waals surface area contributed by atoms with Gasteiger partial charge in [-0.2, -0.15) is 0 Å². The zero-order valence-electron chi connectivity index (χ0n) is 15.4. The maximum absolute atomic E-state index is 13.0. The number of carbonyl (C=O) groups is 1. The summed E-state index contributed by atoms with van der Waals surface area (Å²) in [5.41, 5.74) is 1.85. The molecule has 0 N–H and O–H groups in total. The minimum absolute atomic E-state index is 0.0404. The second kappa shape index (κ2) is 6.87. The molecule has 1 aromatic rings.